The van der Waals surface area contributed by atoms with E-state index in [2.05, 4.69) is 24.2 Å². The molecule has 2 rings (SSSR count). The lowest BCUT2D eigenvalue weighted by Gasteiger charge is -2.20. The fourth-order valence-corrected chi connectivity index (χ4v) is 2.40. The Labute approximate surface area is 97.3 Å². The van der Waals surface area contributed by atoms with E-state index in [-0.39, 0.29) is 6.04 Å². The number of nitrogens with zero attached hydrogens (tertiary/aromatic N) is 2. The van der Waals surface area contributed by atoms with Crippen molar-refractivity contribution in [1.29, 1.82) is 0 Å². The molecule has 1 atom stereocenters. The Morgan fingerprint density at radius 3 is 2.94 bits per heavy atom. The second-order valence-electron chi connectivity index (χ2n) is 4.53. The molecular formula is C13H21N3. The number of aromatic nitrogens is 2. The van der Waals surface area contributed by atoms with Crippen molar-refractivity contribution in [3.63, 3.8) is 0 Å². The van der Waals surface area contributed by atoms with Gasteiger partial charge in [0.15, 0.2) is 0 Å². The molecule has 0 amide bonds. The van der Waals surface area contributed by atoms with Crippen LogP contribution in [0.25, 0.3) is 0 Å². The molecular weight excluding hydrogens is 198 g/mol. The molecule has 1 aromatic heterocycles. The molecule has 0 aliphatic heterocycles. The first kappa shape index (κ1) is 11.4. The second-order valence-corrected chi connectivity index (χ2v) is 4.53. The third-order valence-electron chi connectivity index (χ3n) is 3.28. The van der Waals surface area contributed by atoms with Crippen molar-refractivity contribution in [2.24, 2.45) is 5.73 Å². The first-order valence-corrected chi connectivity index (χ1v) is 6.21. The standard InChI is InChI=1S/C13H21N3/c1-3-16-12(9-10(2)15-16)13(14)11-7-5-4-6-8-11/h7,9,13H,3-6,8,14H2,1-2H3. The fourth-order valence-electron chi connectivity index (χ4n) is 2.40. The van der Waals surface area contributed by atoms with Crippen LogP contribution in [-0.2, 0) is 6.54 Å². The van der Waals surface area contributed by atoms with Crippen molar-refractivity contribution < 1.29 is 0 Å². The van der Waals surface area contributed by atoms with E-state index in [0.717, 1.165) is 24.4 Å². The number of aryl methyl sites for hydroxylation is 2. The molecule has 3 nitrogen and oxygen atoms in total. The summed E-state index contributed by atoms with van der Waals surface area (Å²) in [6, 6.07) is 2.16. The summed E-state index contributed by atoms with van der Waals surface area (Å²) in [6.45, 7) is 5.03. The number of nitrogens with two attached hydrogens (primary N) is 1. The Kier molecular flexibility index (Phi) is 3.44. The van der Waals surface area contributed by atoms with E-state index >= 15 is 0 Å². The molecule has 1 aromatic rings. The molecule has 1 aliphatic carbocycles. The van der Waals surface area contributed by atoms with Crippen molar-refractivity contribution >= 4 is 0 Å². The van der Waals surface area contributed by atoms with Gasteiger partial charge in [0.2, 0.25) is 0 Å². The van der Waals surface area contributed by atoms with E-state index in [1.807, 2.05) is 11.6 Å². The van der Waals surface area contributed by atoms with Crippen molar-refractivity contribution in [3.8, 4) is 0 Å². The van der Waals surface area contributed by atoms with E-state index in [0.29, 0.717) is 0 Å². The number of rotatable bonds is 3. The number of allylic oxidation sites excluding steroid dienone is 1. The van der Waals surface area contributed by atoms with E-state index < -0.39 is 0 Å². The van der Waals surface area contributed by atoms with Crippen LogP contribution in [0.3, 0.4) is 0 Å². The SMILES string of the molecule is CCn1nc(C)cc1C(N)C1=CCCCC1. The Hall–Kier alpha value is -1.09. The van der Waals surface area contributed by atoms with Gasteiger partial charge in [-0.2, -0.15) is 5.10 Å². The van der Waals surface area contributed by atoms with Crippen LogP contribution < -0.4 is 5.73 Å². The largest absolute Gasteiger partial charge is 0.319 e. The summed E-state index contributed by atoms with van der Waals surface area (Å²) in [7, 11) is 0. The highest BCUT2D eigenvalue weighted by Gasteiger charge is 2.18. The van der Waals surface area contributed by atoms with Gasteiger partial charge in [0.1, 0.15) is 0 Å². The van der Waals surface area contributed by atoms with Crippen LogP contribution in [0.2, 0.25) is 0 Å². The maximum atomic E-state index is 6.33. The molecule has 0 saturated heterocycles. The Morgan fingerprint density at radius 1 is 1.50 bits per heavy atom. The molecule has 0 aromatic carbocycles. The van der Waals surface area contributed by atoms with Crippen molar-refractivity contribution in [2.75, 3.05) is 0 Å². The third kappa shape index (κ3) is 2.19. The minimum atomic E-state index is 0.0430. The summed E-state index contributed by atoms with van der Waals surface area (Å²) in [5.41, 5.74) is 9.94. The Morgan fingerprint density at radius 2 is 2.31 bits per heavy atom. The quantitative estimate of drug-likeness (QED) is 0.794. The van der Waals surface area contributed by atoms with Gasteiger partial charge in [-0.15, -0.1) is 0 Å². The molecule has 2 N–H and O–H groups in total. The molecule has 0 saturated carbocycles. The maximum Gasteiger partial charge on any atom is 0.0682 e. The van der Waals surface area contributed by atoms with Crippen LogP contribution in [0.4, 0.5) is 0 Å². The van der Waals surface area contributed by atoms with Gasteiger partial charge in [0, 0.05) is 6.54 Å². The molecule has 3 heteroatoms. The zero-order chi connectivity index (χ0) is 11.5. The highest BCUT2D eigenvalue weighted by atomic mass is 15.3. The summed E-state index contributed by atoms with van der Waals surface area (Å²) in [5, 5.41) is 4.45. The monoisotopic (exact) mass is 219 g/mol. The lowest BCUT2D eigenvalue weighted by molar-refractivity contribution is 0.572. The molecule has 1 heterocycles. The lowest BCUT2D eigenvalue weighted by Crippen LogP contribution is -2.19. The van der Waals surface area contributed by atoms with Crippen LogP contribution in [0.15, 0.2) is 17.7 Å². The summed E-state index contributed by atoms with van der Waals surface area (Å²) in [5.74, 6) is 0. The van der Waals surface area contributed by atoms with Crippen molar-refractivity contribution in [1.82, 2.24) is 9.78 Å². The molecule has 1 aliphatic rings. The van der Waals surface area contributed by atoms with Crippen molar-refractivity contribution in [2.45, 2.75) is 52.1 Å². The number of hydrogen-bond donors (Lipinski definition) is 1. The summed E-state index contributed by atoms with van der Waals surface area (Å²) < 4.78 is 2.02. The second kappa shape index (κ2) is 4.83. The van der Waals surface area contributed by atoms with Crippen LogP contribution in [-0.4, -0.2) is 9.78 Å². The average Bonchev–Trinajstić information content (AvgIpc) is 2.70. The average molecular weight is 219 g/mol. The molecule has 0 spiro atoms. The molecule has 0 bridgehead atoms. The Bertz CT molecular complexity index is 390. The molecule has 0 fully saturated rings. The zero-order valence-electron chi connectivity index (χ0n) is 10.2. The third-order valence-corrected chi connectivity index (χ3v) is 3.28. The Balaban J connectivity index is 2.25. The normalized spacial score (nSPS) is 18.3. The molecule has 0 radical (unpaired) electrons. The fraction of sp³-hybridized carbons (Fsp3) is 0.615. The van der Waals surface area contributed by atoms with E-state index in [4.69, 9.17) is 5.73 Å². The van der Waals surface area contributed by atoms with Gasteiger partial charge in [-0.05, 0) is 45.6 Å². The van der Waals surface area contributed by atoms with Gasteiger partial charge in [-0.25, -0.2) is 0 Å². The summed E-state index contributed by atoms with van der Waals surface area (Å²) >= 11 is 0. The van der Waals surface area contributed by atoms with Gasteiger partial charge in [-0.3, -0.25) is 4.68 Å². The highest BCUT2D eigenvalue weighted by molar-refractivity contribution is 5.24. The van der Waals surface area contributed by atoms with Gasteiger partial charge < -0.3 is 5.73 Å². The molecule has 88 valence electrons. The van der Waals surface area contributed by atoms with E-state index in [9.17, 15) is 0 Å². The highest BCUT2D eigenvalue weighted by Crippen LogP contribution is 2.28. The first-order chi connectivity index (χ1) is 7.72. The first-order valence-electron chi connectivity index (χ1n) is 6.21. The number of hydrogen-bond acceptors (Lipinski definition) is 2. The lowest BCUT2D eigenvalue weighted by atomic mass is 9.92. The topological polar surface area (TPSA) is 43.8 Å². The van der Waals surface area contributed by atoms with Gasteiger partial charge >= 0.3 is 0 Å². The van der Waals surface area contributed by atoms with Gasteiger partial charge in [-0.1, -0.05) is 11.6 Å². The molecule has 16 heavy (non-hydrogen) atoms. The van der Waals surface area contributed by atoms with E-state index in [1.54, 1.807) is 0 Å². The van der Waals surface area contributed by atoms with Crippen LogP contribution >= 0.6 is 0 Å². The van der Waals surface area contributed by atoms with Gasteiger partial charge in [0.05, 0.1) is 17.4 Å². The molecule has 1 unspecified atom stereocenters. The maximum absolute atomic E-state index is 6.33. The minimum absolute atomic E-state index is 0.0430. The summed E-state index contributed by atoms with van der Waals surface area (Å²) in [4.78, 5) is 0. The zero-order valence-corrected chi connectivity index (χ0v) is 10.2. The van der Waals surface area contributed by atoms with Crippen LogP contribution in [0.5, 0.6) is 0 Å². The van der Waals surface area contributed by atoms with Crippen LogP contribution in [0.1, 0.15) is 50.0 Å². The smallest absolute Gasteiger partial charge is 0.0682 e. The minimum Gasteiger partial charge on any atom is -0.319 e. The predicted octanol–water partition coefficient (Wildman–Crippen LogP) is 2.71. The predicted molar refractivity (Wildman–Crippen MR) is 66.1 cm³/mol. The van der Waals surface area contributed by atoms with Crippen LogP contribution in [0, 0.1) is 6.92 Å². The van der Waals surface area contributed by atoms with E-state index in [1.165, 1.54) is 24.8 Å². The van der Waals surface area contributed by atoms with Crippen molar-refractivity contribution in [3.05, 3.63) is 29.1 Å². The summed E-state index contributed by atoms with van der Waals surface area (Å²) in [6.07, 6.45) is 7.23. The van der Waals surface area contributed by atoms with Gasteiger partial charge in [0.25, 0.3) is 0 Å².